The van der Waals surface area contributed by atoms with Crippen LogP contribution < -0.4 is 15.0 Å². The number of nitrogens with zero attached hydrogens (tertiary/aromatic N) is 2. The number of likely N-dealkylation sites (N-methyl/N-ethyl adjacent to an activating group) is 1. The lowest BCUT2D eigenvalue weighted by atomic mass is 10.1. The van der Waals surface area contributed by atoms with Gasteiger partial charge in [0.2, 0.25) is 0 Å². The predicted octanol–water partition coefficient (Wildman–Crippen LogP) is 3.99. The molecule has 1 aromatic heterocycles. The highest BCUT2D eigenvalue weighted by Crippen LogP contribution is 2.43. The number of benzene rings is 1. The van der Waals surface area contributed by atoms with Crippen molar-refractivity contribution in [2.24, 2.45) is 0 Å². The summed E-state index contributed by atoms with van der Waals surface area (Å²) in [5.74, 6) is 0.527. The van der Waals surface area contributed by atoms with Crippen LogP contribution >= 0.6 is 39.9 Å². The molecule has 5 nitrogen and oxygen atoms in total. The molecular weight excluding hydrogens is 402 g/mol. The van der Waals surface area contributed by atoms with Crippen LogP contribution in [0, 0.1) is 0 Å². The molecule has 2 heterocycles. The number of aromatic nitrogens is 1. The molecule has 0 saturated heterocycles. The van der Waals surface area contributed by atoms with Gasteiger partial charge in [-0.15, -0.1) is 34.9 Å². The van der Waals surface area contributed by atoms with Crippen molar-refractivity contribution in [2.75, 3.05) is 30.4 Å². The molecule has 1 aliphatic heterocycles. The number of carbonyl (C=O) groups excluding carboxylic acids is 1. The molecule has 0 unspecified atom stereocenters. The van der Waals surface area contributed by atoms with Crippen LogP contribution in [0.1, 0.15) is 0 Å². The average Bonchev–Trinajstić information content (AvgIpc) is 2.97. The van der Waals surface area contributed by atoms with Gasteiger partial charge in [-0.2, -0.15) is 0 Å². The van der Waals surface area contributed by atoms with E-state index in [9.17, 15) is 4.79 Å². The van der Waals surface area contributed by atoms with Crippen LogP contribution in [0.3, 0.4) is 0 Å². The average molecular weight is 417 g/mol. The number of rotatable bonds is 4. The first kappa shape index (κ1) is 17.8. The fourth-order valence-corrected chi connectivity index (χ4v) is 3.11. The maximum absolute atomic E-state index is 11.8. The Morgan fingerprint density at radius 2 is 2.35 bits per heavy atom. The predicted molar refractivity (Wildman–Crippen MR) is 100 cm³/mol. The van der Waals surface area contributed by atoms with Crippen molar-refractivity contribution < 1.29 is 9.53 Å². The number of nitrogens with one attached hydrogen (secondary N) is 1. The van der Waals surface area contributed by atoms with E-state index in [1.165, 1.54) is 11.3 Å². The summed E-state index contributed by atoms with van der Waals surface area (Å²) in [4.78, 5) is 17.8. The van der Waals surface area contributed by atoms with Gasteiger partial charge < -0.3 is 15.0 Å². The number of hydrogen-bond donors (Lipinski definition) is 1. The molecule has 2 aromatic rings. The molecule has 0 bridgehead atoms. The van der Waals surface area contributed by atoms with E-state index < -0.39 is 0 Å². The largest absolute Gasteiger partial charge is 0.481 e. The minimum Gasteiger partial charge on any atom is -0.481 e. The van der Waals surface area contributed by atoms with Gasteiger partial charge in [-0.3, -0.25) is 4.79 Å². The monoisotopic (exact) mass is 415 g/mol. The van der Waals surface area contributed by atoms with Gasteiger partial charge in [0, 0.05) is 29.6 Å². The van der Waals surface area contributed by atoms with E-state index in [2.05, 4.69) is 16.9 Å². The molecule has 0 radical (unpaired) electrons. The summed E-state index contributed by atoms with van der Waals surface area (Å²) in [6, 6.07) is 3.52. The highest BCUT2D eigenvalue weighted by atomic mass is 79.9. The number of carbonyl (C=O) groups is 1. The second kappa shape index (κ2) is 7.33. The van der Waals surface area contributed by atoms with Crippen molar-refractivity contribution in [1.82, 2.24) is 4.98 Å². The zero-order chi connectivity index (χ0) is 15.7. The van der Waals surface area contributed by atoms with E-state index in [1.807, 2.05) is 5.38 Å². The first-order valence-corrected chi connectivity index (χ1v) is 7.89. The number of amides is 1. The van der Waals surface area contributed by atoms with E-state index in [1.54, 1.807) is 30.2 Å². The molecule has 122 valence electrons. The fraction of sp³-hybridized carbons (Fsp3) is 0.200. The number of hydrogen-bond acceptors (Lipinski definition) is 5. The Kier molecular flexibility index (Phi) is 5.67. The van der Waals surface area contributed by atoms with Crippen LogP contribution in [0.5, 0.6) is 5.75 Å². The Labute approximate surface area is 153 Å². The standard InChI is InChI=1S/C15H14ClN3O2S.BrH/c1-3-4-17-15-18-11(8-22-15)10-5-9(16)6-12-14(10)21-7-13(20)19(12)2;/h3,5-6,8H,1,4,7H2,2H3,(H,17,18);1H. The molecule has 0 atom stereocenters. The first-order chi connectivity index (χ1) is 10.6. The van der Waals surface area contributed by atoms with Gasteiger partial charge in [-0.1, -0.05) is 17.7 Å². The smallest absolute Gasteiger partial charge is 0.264 e. The zero-order valence-electron chi connectivity index (χ0n) is 12.3. The summed E-state index contributed by atoms with van der Waals surface area (Å²) in [5.41, 5.74) is 2.20. The quantitative estimate of drug-likeness (QED) is 0.766. The van der Waals surface area contributed by atoms with E-state index in [4.69, 9.17) is 16.3 Å². The Hall–Kier alpha value is -1.57. The maximum Gasteiger partial charge on any atom is 0.264 e. The normalized spacial score (nSPS) is 13.0. The van der Waals surface area contributed by atoms with Crippen LogP contribution in [0.25, 0.3) is 11.3 Å². The van der Waals surface area contributed by atoms with Crippen LogP contribution in [-0.4, -0.2) is 31.1 Å². The zero-order valence-corrected chi connectivity index (χ0v) is 15.6. The Bertz CT molecular complexity index is 750. The summed E-state index contributed by atoms with van der Waals surface area (Å²) in [6.07, 6.45) is 1.77. The summed E-state index contributed by atoms with van der Waals surface area (Å²) in [5, 5.41) is 6.40. The molecule has 0 spiro atoms. The van der Waals surface area contributed by atoms with Gasteiger partial charge in [-0.05, 0) is 12.1 Å². The lowest BCUT2D eigenvalue weighted by Crippen LogP contribution is -2.35. The van der Waals surface area contributed by atoms with E-state index in [0.29, 0.717) is 23.0 Å². The van der Waals surface area contributed by atoms with Gasteiger partial charge in [0.15, 0.2) is 17.5 Å². The van der Waals surface area contributed by atoms with Crippen molar-refractivity contribution in [2.45, 2.75) is 0 Å². The second-order valence-corrected chi connectivity index (χ2v) is 6.05. The van der Waals surface area contributed by atoms with E-state index in [-0.39, 0.29) is 29.5 Å². The molecule has 1 amide bonds. The van der Waals surface area contributed by atoms with Crippen LogP contribution in [0.15, 0.2) is 30.2 Å². The Balaban J connectivity index is 0.00000192. The molecule has 0 aliphatic carbocycles. The molecule has 0 fully saturated rings. The molecule has 0 saturated carbocycles. The topological polar surface area (TPSA) is 54.5 Å². The third kappa shape index (κ3) is 3.52. The minimum atomic E-state index is -0.104. The lowest BCUT2D eigenvalue weighted by molar-refractivity contribution is -0.120. The highest BCUT2D eigenvalue weighted by Gasteiger charge is 2.26. The number of thiazole rings is 1. The van der Waals surface area contributed by atoms with Gasteiger partial charge in [-0.25, -0.2) is 4.98 Å². The summed E-state index contributed by atoms with van der Waals surface area (Å²) in [6.45, 7) is 4.33. The van der Waals surface area contributed by atoms with Crippen molar-refractivity contribution in [1.29, 1.82) is 0 Å². The highest BCUT2D eigenvalue weighted by molar-refractivity contribution is 8.93. The molecule has 8 heteroatoms. The van der Waals surface area contributed by atoms with Gasteiger partial charge in [0.05, 0.1) is 11.4 Å². The number of anilines is 2. The van der Waals surface area contributed by atoms with Gasteiger partial charge in [0.25, 0.3) is 5.91 Å². The third-order valence-electron chi connectivity index (χ3n) is 3.29. The van der Waals surface area contributed by atoms with Crippen LogP contribution in [-0.2, 0) is 4.79 Å². The van der Waals surface area contributed by atoms with Crippen molar-refractivity contribution in [3.05, 3.63) is 35.2 Å². The molecule has 1 N–H and O–H groups in total. The maximum atomic E-state index is 11.8. The number of fused-ring (bicyclic) bond motifs is 1. The van der Waals surface area contributed by atoms with Crippen LogP contribution in [0.4, 0.5) is 10.8 Å². The van der Waals surface area contributed by atoms with Crippen molar-refractivity contribution in [3.63, 3.8) is 0 Å². The first-order valence-electron chi connectivity index (χ1n) is 6.63. The molecular formula is C15H15BrClN3O2S. The second-order valence-electron chi connectivity index (χ2n) is 4.75. The summed E-state index contributed by atoms with van der Waals surface area (Å²) >= 11 is 7.68. The third-order valence-corrected chi connectivity index (χ3v) is 4.31. The lowest BCUT2D eigenvalue weighted by Gasteiger charge is -2.27. The fourth-order valence-electron chi connectivity index (χ4n) is 2.17. The SMILES string of the molecule is Br.C=CCNc1nc(-c2cc(Cl)cc3c2OCC(=O)N3C)cs1. The molecule has 23 heavy (non-hydrogen) atoms. The van der Waals surface area contributed by atoms with E-state index in [0.717, 1.165) is 16.4 Å². The molecule has 1 aromatic carbocycles. The number of halogens is 2. The van der Waals surface area contributed by atoms with Gasteiger partial charge >= 0.3 is 0 Å². The van der Waals surface area contributed by atoms with Gasteiger partial charge in [0.1, 0.15) is 0 Å². The molecule has 1 aliphatic rings. The van der Waals surface area contributed by atoms with E-state index >= 15 is 0 Å². The number of ether oxygens (including phenoxy) is 1. The van der Waals surface area contributed by atoms with Crippen molar-refractivity contribution in [3.8, 4) is 17.0 Å². The summed E-state index contributed by atoms with van der Waals surface area (Å²) < 4.78 is 5.62. The molecule has 3 rings (SSSR count). The van der Waals surface area contributed by atoms with Crippen molar-refractivity contribution >= 4 is 56.6 Å². The minimum absolute atomic E-state index is 0. The Morgan fingerprint density at radius 1 is 1.57 bits per heavy atom. The van der Waals surface area contributed by atoms with Crippen LogP contribution in [0.2, 0.25) is 5.02 Å². The Morgan fingerprint density at radius 3 is 3.09 bits per heavy atom. The summed E-state index contributed by atoms with van der Waals surface area (Å²) in [7, 11) is 1.71.